The molecular weight excluding hydrogens is 334 g/mol. The molecule has 0 unspecified atom stereocenters. The van der Waals surface area contributed by atoms with Crippen molar-refractivity contribution >= 4 is 35.0 Å². The topological polar surface area (TPSA) is 35.6 Å². The first-order valence-corrected chi connectivity index (χ1v) is 8.77. The molecule has 1 aliphatic rings. The van der Waals surface area contributed by atoms with E-state index >= 15 is 0 Å². The highest BCUT2D eigenvalue weighted by molar-refractivity contribution is 6.30. The third kappa shape index (κ3) is 4.84. The molecule has 1 fully saturated rings. The van der Waals surface area contributed by atoms with Crippen molar-refractivity contribution in [2.24, 2.45) is 0 Å². The fraction of sp³-hybridized carbons (Fsp3) is 0.250. The zero-order valence-electron chi connectivity index (χ0n) is 14.3. The SMILES string of the molecule is CN1CCN(c2ccccc2/C=C\C(=O)Nc2ccc(Cl)cc2)CC1. The Morgan fingerprint density at radius 2 is 1.72 bits per heavy atom. The number of hydrogen-bond acceptors (Lipinski definition) is 3. The van der Waals surface area contributed by atoms with Crippen LogP contribution in [-0.2, 0) is 4.79 Å². The van der Waals surface area contributed by atoms with E-state index in [2.05, 4.69) is 28.2 Å². The van der Waals surface area contributed by atoms with Gasteiger partial charge in [-0.3, -0.25) is 4.79 Å². The van der Waals surface area contributed by atoms with Gasteiger partial charge in [-0.25, -0.2) is 0 Å². The quantitative estimate of drug-likeness (QED) is 0.848. The molecule has 2 aromatic carbocycles. The zero-order valence-corrected chi connectivity index (χ0v) is 15.0. The summed E-state index contributed by atoms with van der Waals surface area (Å²) in [6.45, 7) is 4.10. The second kappa shape index (κ2) is 8.19. The summed E-state index contributed by atoms with van der Waals surface area (Å²) in [6, 6.07) is 15.3. The maximum atomic E-state index is 12.2. The number of likely N-dealkylation sites (N-methyl/N-ethyl adjacent to an activating group) is 1. The minimum Gasteiger partial charge on any atom is -0.368 e. The van der Waals surface area contributed by atoms with E-state index in [-0.39, 0.29) is 5.91 Å². The van der Waals surface area contributed by atoms with Gasteiger partial charge in [0.05, 0.1) is 0 Å². The molecule has 1 N–H and O–H groups in total. The number of rotatable bonds is 4. The molecule has 0 aromatic heterocycles. The van der Waals surface area contributed by atoms with Gasteiger partial charge >= 0.3 is 0 Å². The molecule has 0 atom stereocenters. The number of carbonyl (C=O) groups is 1. The molecule has 0 saturated carbocycles. The van der Waals surface area contributed by atoms with Crippen LogP contribution in [0.2, 0.25) is 5.02 Å². The Morgan fingerprint density at radius 3 is 2.44 bits per heavy atom. The molecule has 0 aliphatic carbocycles. The zero-order chi connectivity index (χ0) is 17.6. The Balaban J connectivity index is 1.68. The minimum atomic E-state index is -0.157. The molecule has 5 heteroatoms. The van der Waals surface area contributed by atoms with Crippen molar-refractivity contribution in [3.8, 4) is 0 Å². The predicted molar refractivity (Wildman–Crippen MR) is 105 cm³/mol. The van der Waals surface area contributed by atoms with E-state index in [1.165, 1.54) is 5.69 Å². The third-order valence-electron chi connectivity index (χ3n) is 4.31. The Bertz CT molecular complexity index is 750. The second-order valence-corrected chi connectivity index (χ2v) is 6.62. The van der Waals surface area contributed by atoms with Crippen LogP contribution in [0.15, 0.2) is 54.6 Å². The minimum absolute atomic E-state index is 0.157. The molecule has 130 valence electrons. The average molecular weight is 356 g/mol. The van der Waals surface area contributed by atoms with Crippen LogP contribution in [0.25, 0.3) is 6.08 Å². The molecule has 1 saturated heterocycles. The second-order valence-electron chi connectivity index (χ2n) is 6.18. The number of amides is 1. The molecule has 0 radical (unpaired) electrons. The molecule has 3 rings (SSSR count). The monoisotopic (exact) mass is 355 g/mol. The molecule has 1 aliphatic heterocycles. The van der Waals surface area contributed by atoms with Crippen molar-refractivity contribution in [1.82, 2.24) is 4.90 Å². The lowest BCUT2D eigenvalue weighted by molar-refractivity contribution is -0.111. The van der Waals surface area contributed by atoms with Crippen molar-refractivity contribution in [1.29, 1.82) is 0 Å². The number of carbonyl (C=O) groups excluding carboxylic acids is 1. The van der Waals surface area contributed by atoms with Gasteiger partial charge in [-0.05, 0) is 49.0 Å². The van der Waals surface area contributed by atoms with E-state index in [1.54, 1.807) is 30.3 Å². The normalized spacial score (nSPS) is 15.5. The molecular formula is C20H22ClN3O. The van der Waals surface area contributed by atoms with Crippen LogP contribution >= 0.6 is 11.6 Å². The Labute approximate surface area is 153 Å². The maximum absolute atomic E-state index is 12.2. The van der Waals surface area contributed by atoms with Gasteiger partial charge in [-0.1, -0.05) is 29.8 Å². The van der Waals surface area contributed by atoms with E-state index in [9.17, 15) is 4.79 Å². The van der Waals surface area contributed by atoms with Crippen LogP contribution in [0, 0.1) is 0 Å². The fourth-order valence-corrected chi connectivity index (χ4v) is 2.97. The summed E-state index contributed by atoms with van der Waals surface area (Å²) in [5, 5.41) is 3.49. The molecule has 2 aromatic rings. The standard InChI is InChI=1S/C20H22ClN3O/c1-23-12-14-24(15-13-23)19-5-3-2-4-16(19)6-11-20(25)22-18-9-7-17(21)8-10-18/h2-11H,12-15H2,1H3,(H,22,25)/b11-6-. The van der Waals surface area contributed by atoms with E-state index in [1.807, 2.05) is 24.3 Å². The summed E-state index contributed by atoms with van der Waals surface area (Å²) in [5.41, 5.74) is 2.95. The van der Waals surface area contributed by atoms with Gasteiger partial charge in [0.15, 0.2) is 0 Å². The van der Waals surface area contributed by atoms with Crippen LogP contribution in [0.4, 0.5) is 11.4 Å². The summed E-state index contributed by atoms with van der Waals surface area (Å²) in [5.74, 6) is -0.157. The van der Waals surface area contributed by atoms with Crippen LogP contribution in [-0.4, -0.2) is 44.0 Å². The highest BCUT2D eigenvalue weighted by atomic mass is 35.5. The smallest absolute Gasteiger partial charge is 0.248 e. The highest BCUT2D eigenvalue weighted by Gasteiger charge is 2.15. The van der Waals surface area contributed by atoms with Gasteiger partial charge in [0.1, 0.15) is 0 Å². The highest BCUT2D eigenvalue weighted by Crippen LogP contribution is 2.23. The Kier molecular flexibility index (Phi) is 5.74. The lowest BCUT2D eigenvalue weighted by Gasteiger charge is -2.34. The molecule has 1 heterocycles. The largest absolute Gasteiger partial charge is 0.368 e. The summed E-state index contributed by atoms with van der Waals surface area (Å²) in [6.07, 6.45) is 3.45. The fourth-order valence-electron chi connectivity index (χ4n) is 2.85. The number of nitrogens with zero attached hydrogens (tertiary/aromatic N) is 2. The number of para-hydroxylation sites is 1. The summed E-state index contributed by atoms with van der Waals surface area (Å²) in [4.78, 5) is 16.8. The number of hydrogen-bond donors (Lipinski definition) is 1. The van der Waals surface area contributed by atoms with E-state index in [0.29, 0.717) is 5.02 Å². The average Bonchev–Trinajstić information content (AvgIpc) is 2.63. The Hall–Kier alpha value is -2.30. The van der Waals surface area contributed by atoms with Gasteiger partial charge in [0.2, 0.25) is 5.91 Å². The number of halogens is 1. The van der Waals surface area contributed by atoms with E-state index < -0.39 is 0 Å². The van der Waals surface area contributed by atoms with Crippen molar-refractivity contribution in [3.63, 3.8) is 0 Å². The van der Waals surface area contributed by atoms with Gasteiger partial charge in [0.25, 0.3) is 0 Å². The van der Waals surface area contributed by atoms with Crippen molar-refractivity contribution in [2.45, 2.75) is 0 Å². The number of nitrogens with one attached hydrogen (secondary N) is 1. The van der Waals surface area contributed by atoms with Crippen LogP contribution in [0.1, 0.15) is 5.56 Å². The summed E-state index contributed by atoms with van der Waals surface area (Å²) in [7, 11) is 2.14. The molecule has 0 bridgehead atoms. The predicted octanol–water partition coefficient (Wildman–Crippen LogP) is 3.74. The lowest BCUT2D eigenvalue weighted by atomic mass is 10.1. The summed E-state index contributed by atoms with van der Waals surface area (Å²) < 4.78 is 0. The third-order valence-corrected chi connectivity index (χ3v) is 4.56. The summed E-state index contributed by atoms with van der Waals surface area (Å²) >= 11 is 5.86. The molecule has 0 spiro atoms. The van der Waals surface area contributed by atoms with Crippen molar-refractivity contribution < 1.29 is 4.79 Å². The first-order valence-electron chi connectivity index (χ1n) is 8.39. The first kappa shape index (κ1) is 17.5. The van der Waals surface area contributed by atoms with Gasteiger partial charge < -0.3 is 15.1 Å². The van der Waals surface area contributed by atoms with Crippen LogP contribution in [0.3, 0.4) is 0 Å². The van der Waals surface area contributed by atoms with Gasteiger partial charge in [0, 0.05) is 48.7 Å². The van der Waals surface area contributed by atoms with Crippen LogP contribution < -0.4 is 10.2 Å². The van der Waals surface area contributed by atoms with Crippen LogP contribution in [0.5, 0.6) is 0 Å². The van der Waals surface area contributed by atoms with Crippen molar-refractivity contribution in [3.05, 3.63) is 65.2 Å². The van der Waals surface area contributed by atoms with E-state index in [4.69, 9.17) is 11.6 Å². The van der Waals surface area contributed by atoms with Gasteiger partial charge in [-0.15, -0.1) is 0 Å². The number of anilines is 2. The van der Waals surface area contributed by atoms with Crippen molar-refractivity contribution in [2.75, 3.05) is 43.4 Å². The first-order chi connectivity index (χ1) is 12.1. The molecule has 25 heavy (non-hydrogen) atoms. The maximum Gasteiger partial charge on any atom is 0.248 e. The van der Waals surface area contributed by atoms with E-state index in [0.717, 1.165) is 37.4 Å². The lowest BCUT2D eigenvalue weighted by Crippen LogP contribution is -2.44. The molecule has 4 nitrogen and oxygen atoms in total. The molecule has 1 amide bonds. The Morgan fingerprint density at radius 1 is 1.04 bits per heavy atom. The van der Waals surface area contributed by atoms with Gasteiger partial charge in [-0.2, -0.15) is 0 Å². The number of benzene rings is 2. The number of piperazine rings is 1.